The van der Waals surface area contributed by atoms with Gasteiger partial charge in [-0.05, 0) is 31.6 Å². The van der Waals surface area contributed by atoms with Crippen LogP contribution in [0, 0.1) is 18.8 Å². The zero-order chi connectivity index (χ0) is 11.8. The van der Waals surface area contributed by atoms with Crippen LogP contribution >= 0.6 is 0 Å². The number of rotatable bonds is 2. The smallest absolute Gasteiger partial charge is 0.106 e. The van der Waals surface area contributed by atoms with Crippen LogP contribution in [0.1, 0.15) is 43.4 Å². The van der Waals surface area contributed by atoms with E-state index in [0.717, 1.165) is 31.3 Å². The number of fused-ring (bicyclic) bond motifs is 1. The Balaban J connectivity index is 1.80. The molecule has 2 atom stereocenters. The van der Waals surface area contributed by atoms with Crippen molar-refractivity contribution in [2.75, 3.05) is 6.54 Å². The number of nitrogens with one attached hydrogen (secondary N) is 1. The predicted molar refractivity (Wildman–Crippen MR) is 68.9 cm³/mol. The van der Waals surface area contributed by atoms with Crippen molar-refractivity contribution in [3.8, 4) is 0 Å². The van der Waals surface area contributed by atoms with E-state index in [9.17, 15) is 0 Å². The number of aromatic nitrogens is 2. The molecule has 1 aliphatic carbocycles. The van der Waals surface area contributed by atoms with Gasteiger partial charge < -0.3 is 9.88 Å². The van der Waals surface area contributed by atoms with E-state index in [4.69, 9.17) is 4.98 Å². The van der Waals surface area contributed by atoms with Crippen molar-refractivity contribution in [2.45, 2.75) is 52.6 Å². The summed E-state index contributed by atoms with van der Waals surface area (Å²) in [6, 6.07) is 0. The molecular weight excluding hydrogens is 210 g/mol. The van der Waals surface area contributed by atoms with Gasteiger partial charge in [-0.15, -0.1) is 0 Å². The molecule has 2 aliphatic rings. The number of hydrogen-bond donors (Lipinski definition) is 1. The van der Waals surface area contributed by atoms with Gasteiger partial charge in [0.25, 0.3) is 0 Å². The van der Waals surface area contributed by atoms with Gasteiger partial charge in [0.05, 0.1) is 5.69 Å². The lowest BCUT2D eigenvalue weighted by molar-refractivity contribution is 0.424. The third kappa shape index (κ3) is 2.13. The summed E-state index contributed by atoms with van der Waals surface area (Å²) in [7, 11) is 0. The number of hydrogen-bond acceptors (Lipinski definition) is 2. The molecule has 1 aliphatic heterocycles. The van der Waals surface area contributed by atoms with Crippen LogP contribution in [-0.2, 0) is 19.5 Å². The third-order valence-electron chi connectivity index (χ3n) is 4.42. The number of aryl methyl sites for hydroxylation is 1. The topological polar surface area (TPSA) is 29.9 Å². The molecule has 1 aromatic heterocycles. The van der Waals surface area contributed by atoms with Crippen molar-refractivity contribution < 1.29 is 0 Å². The normalized spacial score (nSPS) is 28.4. The van der Waals surface area contributed by atoms with E-state index < -0.39 is 0 Å². The van der Waals surface area contributed by atoms with Gasteiger partial charge in [-0.2, -0.15) is 0 Å². The van der Waals surface area contributed by atoms with Gasteiger partial charge in [0.1, 0.15) is 5.82 Å². The first-order chi connectivity index (χ1) is 8.24. The van der Waals surface area contributed by atoms with Crippen molar-refractivity contribution in [3.63, 3.8) is 0 Å². The summed E-state index contributed by atoms with van der Waals surface area (Å²) in [6.07, 6.45) is 5.39. The predicted octanol–water partition coefficient (Wildman–Crippen LogP) is 2.27. The standard InChI is InChI=1S/C14H23N3/c1-10-3-4-12(7-10)9-17-11(2)16-13-8-15-6-5-14(13)17/h10,12,15H,3-9H2,1-2H3. The third-order valence-corrected chi connectivity index (χ3v) is 4.42. The molecule has 3 rings (SSSR count). The summed E-state index contributed by atoms with van der Waals surface area (Å²) in [5.74, 6) is 3.04. The van der Waals surface area contributed by atoms with Gasteiger partial charge in [-0.3, -0.25) is 0 Å². The lowest BCUT2D eigenvalue weighted by Crippen LogP contribution is -2.25. The molecular formula is C14H23N3. The van der Waals surface area contributed by atoms with Gasteiger partial charge >= 0.3 is 0 Å². The van der Waals surface area contributed by atoms with Crippen LogP contribution < -0.4 is 5.32 Å². The minimum absolute atomic E-state index is 0.886. The lowest BCUT2D eigenvalue weighted by atomic mass is 10.1. The molecule has 0 spiro atoms. The fourth-order valence-electron chi connectivity index (χ4n) is 3.50. The fourth-order valence-corrected chi connectivity index (χ4v) is 3.50. The first-order valence-corrected chi connectivity index (χ1v) is 6.99. The second-order valence-electron chi connectivity index (χ2n) is 5.87. The summed E-state index contributed by atoms with van der Waals surface area (Å²) in [6.45, 7) is 7.83. The van der Waals surface area contributed by atoms with Crippen LogP contribution in [0.4, 0.5) is 0 Å². The van der Waals surface area contributed by atoms with Gasteiger partial charge in [-0.1, -0.05) is 13.3 Å². The summed E-state index contributed by atoms with van der Waals surface area (Å²) < 4.78 is 2.50. The zero-order valence-corrected chi connectivity index (χ0v) is 11.0. The molecule has 2 unspecified atom stereocenters. The van der Waals surface area contributed by atoms with E-state index in [-0.39, 0.29) is 0 Å². The van der Waals surface area contributed by atoms with Crippen LogP contribution in [-0.4, -0.2) is 16.1 Å². The zero-order valence-electron chi connectivity index (χ0n) is 11.0. The molecule has 0 aromatic carbocycles. The average molecular weight is 233 g/mol. The first-order valence-electron chi connectivity index (χ1n) is 6.99. The summed E-state index contributed by atoms with van der Waals surface area (Å²) in [5.41, 5.74) is 2.79. The molecule has 0 saturated heterocycles. The molecule has 0 amide bonds. The van der Waals surface area contributed by atoms with Gasteiger partial charge in [0, 0.05) is 31.7 Å². The highest BCUT2D eigenvalue weighted by atomic mass is 15.1. The Morgan fingerprint density at radius 1 is 1.41 bits per heavy atom. The van der Waals surface area contributed by atoms with Crippen LogP contribution in [0.2, 0.25) is 0 Å². The molecule has 1 fully saturated rings. The van der Waals surface area contributed by atoms with E-state index in [1.165, 1.54) is 43.0 Å². The molecule has 3 heteroatoms. The van der Waals surface area contributed by atoms with Crippen LogP contribution in [0.5, 0.6) is 0 Å². The number of imidazole rings is 1. The molecule has 0 radical (unpaired) electrons. The first kappa shape index (κ1) is 11.3. The Hall–Kier alpha value is -0.830. The van der Waals surface area contributed by atoms with Crippen molar-refractivity contribution in [3.05, 3.63) is 17.2 Å². The highest BCUT2D eigenvalue weighted by Gasteiger charge is 2.24. The van der Waals surface area contributed by atoms with Crippen molar-refractivity contribution >= 4 is 0 Å². The molecule has 3 nitrogen and oxygen atoms in total. The second kappa shape index (κ2) is 4.45. The largest absolute Gasteiger partial charge is 0.332 e. The van der Waals surface area contributed by atoms with E-state index >= 15 is 0 Å². The molecule has 1 saturated carbocycles. The van der Waals surface area contributed by atoms with Crippen molar-refractivity contribution in [1.82, 2.24) is 14.9 Å². The maximum Gasteiger partial charge on any atom is 0.106 e. The maximum absolute atomic E-state index is 4.71. The Morgan fingerprint density at radius 2 is 2.29 bits per heavy atom. The Kier molecular flexibility index (Phi) is 2.95. The summed E-state index contributed by atoms with van der Waals surface area (Å²) in [4.78, 5) is 4.71. The van der Waals surface area contributed by atoms with Crippen molar-refractivity contribution in [1.29, 1.82) is 0 Å². The average Bonchev–Trinajstić information content (AvgIpc) is 2.85. The van der Waals surface area contributed by atoms with Crippen LogP contribution in [0.3, 0.4) is 0 Å². The molecule has 1 N–H and O–H groups in total. The molecule has 1 aromatic rings. The lowest BCUT2D eigenvalue weighted by Gasteiger charge is -2.18. The maximum atomic E-state index is 4.71. The van der Waals surface area contributed by atoms with E-state index in [1.54, 1.807) is 0 Å². The van der Waals surface area contributed by atoms with E-state index in [2.05, 4.69) is 23.7 Å². The SMILES string of the molecule is Cc1nc2c(n1CC1CCC(C)C1)CCNC2. The van der Waals surface area contributed by atoms with Gasteiger partial charge in [-0.25, -0.2) is 4.98 Å². The van der Waals surface area contributed by atoms with Crippen LogP contribution in [0.15, 0.2) is 0 Å². The fraction of sp³-hybridized carbons (Fsp3) is 0.786. The Labute approximate surface area is 104 Å². The highest BCUT2D eigenvalue weighted by Crippen LogP contribution is 2.32. The molecule has 94 valence electrons. The van der Waals surface area contributed by atoms with E-state index in [1.807, 2.05) is 0 Å². The summed E-state index contributed by atoms with van der Waals surface area (Å²) in [5, 5.41) is 3.41. The van der Waals surface area contributed by atoms with Crippen molar-refractivity contribution in [2.24, 2.45) is 11.8 Å². The molecule has 0 bridgehead atoms. The van der Waals surface area contributed by atoms with Crippen LogP contribution in [0.25, 0.3) is 0 Å². The van der Waals surface area contributed by atoms with Gasteiger partial charge in [0.2, 0.25) is 0 Å². The minimum atomic E-state index is 0.886. The summed E-state index contributed by atoms with van der Waals surface area (Å²) >= 11 is 0. The monoisotopic (exact) mass is 233 g/mol. The molecule has 2 heterocycles. The molecule has 17 heavy (non-hydrogen) atoms. The Morgan fingerprint density at radius 3 is 3.06 bits per heavy atom. The highest BCUT2D eigenvalue weighted by molar-refractivity contribution is 5.19. The van der Waals surface area contributed by atoms with Gasteiger partial charge in [0.15, 0.2) is 0 Å². The van der Waals surface area contributed by atoms with E-state index in [0.29, 0.717) is 0 Å². The number of nitrogens with zero attached hydrogens (tertiary/aromatic N) is 2. The second-order valence-corrected chi connectivity index (χ2v) is 5.87. The Bertz CT molecular complexity index is 408. The minimum Gasteiger partial charge on any atom is -0.332 e. The quantitative estimate of drug-likeness (QED) is 0.849.